The number of likely N-dealkylation sites (N-methyl/N-ethyl adjacent to an activating group) is 1. The number of aromatic nitrogens is 3. The fourth-order valence-corrected chi connectivity index (χ4v) is 3.11. The summed E-state index contributed by atoms with van der Waals surface area (Å²) in [5.41, 5.74) is 3.72. The van der Waals surface area contributed by atoms with E-state index in [2.05, 4.69) is 78.9 Å². The molecule has 1 aromatic carbocycles. The summed E-state index contributed by atoms with van der Waals surface area (Å²) in [5, 5.41) is 0. The molecular formula is C19H28N4. The number of para-hydroxylation sites is 2. The summed E-state index contributed by atoms with van der Waals surface area (Å²) >= 11 is 0. The van der Waals surface area contributed by atoms with Crippen LogP contribution >= 0.6 is 0 Å². The Morgan fingerprint density at radius 2 is 1.70 bits per heavy atom. The normalized spacial score (nSPS) is 12.8. The highest BCUT2D eigenvalue weighted by Gasteiger charge is 2.21. The second kappa shape index (κ2) is 6.00. The van der Waals surface area contributed by atoms with Crippen LogP contribution in [-0.4, -0.2) is 38.5 Å². The first-order chi connectivity index (χ1) is 11.0. The van der Waals surface area contributed by atoms with E-state index in [1.54, 1.807) is 0 Å². The van der Waals surface area contributed by atoms with Gasteiger partial charge >= 0.3 is 0 Å². The van der Waals surface area contributed by atoms with E-state index in [0.717, 1.165) is 37.7 Å². The van der Waals surface area contributed by atoms with Crippen LogP contribution in [0.5, 0.6) is 0 Å². The zero-order valence-corrected chi connectivity index (χ0v) is 15.0. The molecule has 2 aromatic heterocycles. The van der Waals surface area contributed by atoms with E-state index < -0.39 is 0 Å². The van der Waals surface area contributed by atoms with Gasteiger partial charge in [-0.25, -0.2) is 4.98 Å². The fraction of sp³-hybridized carbons (Fsp3) is 0.526. The summed E-state index contributed by atoms with van der Waals surface area (Å²) in [5.74, 6) is 1.06. The van der Waals surface area contributed by atoms with Gasteiger partial charge in [-0.3, -0.25) is 4.40 Å². The van der Waals surface area contributed by atoms with Crippen molar-refractivity contribution >= 4 is 16.8 Å². The van der Waals surface area contributed by atoms with Gasteiger partial charge in [0, 0.05) is 24.7 Å². The minimum atomic E-state index is 0.0663. The molecule has 4 heteroatoms. The van der Waals surface area contributed by atoms with Crippen molar-refractivity contribution in [3.63, 3.8) is 0 Å². The Bertz CT molecular complexity index is 800. The number of hydrogen-bond donors (Lipinski definition) is 0. The van der Waals surface area contributed by atoms with E-state index in [-0.39, 0.29) is 5.41 Å². The van der Waals surface area contributed by atoms with Crippen LogP contribution in [0.2, 0.25) is 0 Å². The molecule has 0 radical (unpaired) electrons. The Morgan fingerprint density at radius 3 is 2.30 bits per heavy atom. The maximum atomic E-state index is 4.96. The van der Waals surface area contributed by atoms with Crippen molar-refractivity contribution in [3.8, 4) is 0 Å². The molecule has 0 bridgehead atoms. The van der Waals surface area contributed by atoms with Crippen molar-refractivity contribution in [3.05, 3.63) is 36.2 Å². The Labute approximate surface area is 138 Å². The Kier molecular flexibility index (Phi) is 4.19. The van der Waals surface area contributed by atoms with E-state index in [9.17, 15) is 0 Å². The molecule has 0 aliphatic rings. The number of fused-ring (bicyclic) bond motifs is 3. The summed E-state index contributed by atoms with van der Waals surface area (Å²) in [4.78, 5) is 7.42. The lowest BCUT2D eigenvalue weighted by molar-refractivity contribution is 0.293. The molecule has 23 heavy (non-hydrogen) atoms. The number of hydrogen-bond acceptors (Lipinski definition) is 2. The Balaban J connectivity index is 2.10. The van der Waals surface area contributed by atoms with Gasteiger partial charge in [-0.1, -0.05) is 46.8 Å². The Morgan fingerprint density at radius 1 is 1.04 bits per heavy atom. The van der Waals surface area contributed by atoms with Gasteiger partial charge in [0.2, 0.25) is 5.78 Å². The van der Waals surface area contributed by atoms with Crippen LogP contribution in [0.1, 0.15) is 40.3 Å². The first-order valence-corrected chi connectivity index (χ1v) is 8.64. The van der Waals surface area contributed by atoms with Crippen molar-refractivity contribution in [2.45, 2.75) is 46.6 Å². The van der Waals surface area contributed by atoms with Crippen molar-refractivity contribution in [1.82, 2.24) is 18.9 Å². The van der Waals surface area contributed by atoms with Gasteiger partial charge < -0.3 is 9.47 Å². The highest BCUT2D eigenvalue weighted by atomic mass is 15.2. The van der Waals surface area contributed by atoms with Gasteiger partial charge in [0.1, 0.15) is 0 Å². The second-order valence-electron chi connectivity index (χ2n) is 7.21. The van der Waals surface area contributed by atoms with E-state index >= 15 is 0 Å². The van der Waals surface area contributed by atoms with Gasteiger partial charge in [-0.05, 0) is 25.2 Å². The molecule has 0 aliphatic heterocycles. The predicted molar refractivity (Wildman–Crippen MR) is 97.2 cm³/mol. The van der Waals surface area contributed by atoms with Gasteiger partial charge in [-0.15, -0.1) is 0 Å². The Hall–Kier alpha value is -1.81. The molecule has 0 fully saturated rings. The third-order valence-corrected chi connectivity index (χ3v) is 4.66. The minimum Gasteiger partial charge on any atom is -0.308 e. The fourth-order valence-electron chi connectivity index (χ4n) is 3.11. The maximum Gasteiger partial charge on any atom is 0.215 e. The summed E-state index contributed by atoms with van der Waals surface area (Å²) in [7, 11) is 0. The molecule has 0 saturated heterocycles. The quantitative estimate of drug-likeness (QED) is 0.713. The molecule has 3 rings (SSSR count). The molecule has 0 spiro atoms. The molecule has 0 saturated carbocycles. The van der Waals surface area contributed by atoms with Gasteiger partial charge in [0.15, 0.2) is 0 Å². The van der Waals surface area contributed by atoms with Crippen LogP contribution in [0.25, 0.3) is 16.8 Å². The van der Waals surface area contributed by atoms with Crippen molar-refractivity contribution in [2.24, 2.45) is 0 Å². The van der Waals surface area contributed by atoms with Crippen LogP contribution in [0.3, 0.4) is 0 Å². The summed E-state index contributed by atoms with van der Waals surface area (Å²) in [6.45, 7) is 15.3. The third-order valence-electron chi connectivity index (χ3n) is 4.66. The lowest BCUT2D eigenvalue weighted by atomic mass is 9.93. The highest BCUT2D eigenvalue weighted by Crippen LogP contribution is 2.26. The standard InChI is InChI=1S/C19H28N4/c1-6-21(7-2)12-13-22-15-10-8-9-11-16(15)23-14-17(19(3,4)5)20-18(22)23/h8-11,14H,6-7,12-13H2,1-5H3. The number of nitrogens with zero attached hydrogens (tertiary/aromatic N) is 4. The third kappa shape index (κ3) is 2.88. The first-order valence-electron chi connectivity index (χ1n) is 8.64. The number of rotatable bonds is 5. The monoisotopic (exact) mass is 312 g/mol. The molecule has 0 N–H and O–H groups in total. The maximum absolute atomic E-state index is 4.96. The highest BCUT2D eigenvalue weighted by molar-refractivity contribution is 5.81. The molecule has 0 aliphatic carbocycles. The largest absolute Gasteiger partial charge is 0.308 e. The second-order valence-corrected chi connectivity index (χ2v) is 7.21. The average molecular weight is 312 g/mol. The van der Waals surface area contributed by atoms with Crippen LogP contribution in [0.15, 0.2) is 30.5 Å². The van der Waals surface area contributed by atoms with Crippen LogP contribution in [0.4, 0.5) is 0 Å². The van der Waals surface area contributed by atoms with Crippen molar-refractivity contribution < 1.29 is 0 Å². The molecule has 4 nitrogen and oxygen atoms in total. The van der Waals surface area contributed by atoms with Gasteiger partial charge in [0.05, 0.1) is 16.7 Å². The predicted octanol–water partition coefficient (Wildman–Crippen LogP) is 3.93. The lowest BCUT2D eigenvalue weighted by Crippen LogP contribution is -2.27. The molecular weight excluding hydrogens is 284 g/mol. The molecule has 124 valence electrons. The number of benzene rings is 1. The minimum absolute atomic E-state index is 0.0663. The van der Waals surface area contributed by atoms with E-state index in [0.29, 0.717) is 0 Å². The molecule has 0 amide bonds. The smallest absolute Gasteiger partial charge is 0.215 e. The zero-order valence-electron chi connectivity index (χ0n) is 15.0. The van der Waals surface area contributed by atoms with E-state index in [4.69, 9.17) is 4.98 Å². The number of imidazole rings is 2. The van der Waals surface area contributed by atoms with Crippen LogP contribution in [0, 0.1) is 0 Å². The lowest BCUT2D eigenvalue weighted by Gasteiger charge is -2.18. The SMILES string of the molecule is CCN(CC)CCn1c2ccccc2n2cc(C(C)(C)C)nc12. The van der Waals surface area contributed by atoms with Crippen molar-refractivity contribution in [2.75, 3.05) is 19.6 Å². The molecule has 2 heterocycles. The van der Waals surface area contributed by atoms with E-state index in [1.807, 2.05) is 0 Å². The molecule has 3 aromatic rings. The van der Waals surface area contributed by atoms with E-state index in [1.165, 1.54) is 11.0 Å². The molecule has 0 unspecified atom stereocenters. The first kappa shape index (κ1) is 16.1. The summed E-state index contributed by atoms with van der Waals surface area (Å²) in [6.07, 6.45) is 2.20. The average Bonchev–Trinajstić information content (AvgIpc) is 3.07. The molecule has 0 atom stereocenters. The zero-order chi connectivity index (χ0) is 16.6. The van der Waals surface area contributed by atoms with Gasteiger partial charge in [-0.2, -0.15) is 0 Å². The van der Waals surface area contributed by atoms with Crippen LogP contribution < -0.4 is 0 Å². The summed E-state index contributed by atoms with van der Waals surface area (Å²) in [6, 6.07) is 8.60. The van der Waals surface area contributed by atoms with Gasteiger partial charge in [0.25, 0.3) is 0 Å². The van der Waals surface area contributed by atoms with Crippen LogP contribution in [-0.2, 0) is 12.0 Å². The summed E-state index contributed by atoms with van der Waals surface area (Å²) < 4.78 is 4.61. The topological polar surface area (TPSA) is 25.5 Å². The van der Waals surface area contributed by atoms with Crippen molar-refractivity contribution in [1.29, 1.82) is 0 Å².